The van der Waals surface area contributed by atoms with Crippen LogP contribution in [0.25, 0.3) is 0 Å². The van der Waals surface area contributed by atoms with E-state index in [0.717, 1.165) is 11.1 Å². The van der Waals surface area contributed by atoms with E-state index in [0.29, 0.717) is 17.9 Å². The Balaban J connectivity index is 1.74. The number of rotatable bonds is 5. The molecular weight excluding hydrogens is 323 g/mol. The van der Waals surface area contributed by atoms with Gasteiger partial charge < -0.3 is 10.4 Å². The molecule has 6 nitrogen and oxygen atoms in total. The molecule has 0 bridgehead atoms. The second-order valence-electron chi connectivity index (χ2n) is 5.62. The van der Waals surface area contributed by atoms with Crippen molar-refractivity contribution in [3.05, 3.63) is 76.9 Å². The Hall–Kier alpha value is -3.06. The third-order valence-corrected chi connectivity index (χ3v) is 3.81. The van der Waals surface area contributed by atoms with Crippen molar-refractivity contribution in [2.75, 3.05) is 5.32 Å². The van der Waals surface area contributed by atoms with Crippen molar-refractivity contribution >= 4 is 11.6 Å². The highest BCUT2D eigenvalue weighted by Gasteiger charge is 2.17. The zero-order valence-corrected chi connectivity index (χ0v) is 13.6. The number of amides is 1. The molecule has 0 spiro atoms. The summed E-state index contributed by atoms with van der Waals surface area (Å²) in [6, 6.07) is 13.1. The number of nitrogens with zero attached hydrogens (tertiary/aromatic N) is 3. The van der Waals surface area contributed by atoms with Crippen LogP contribution in [0.3, 0.4) is 0 Å². The summed E-state index contributed by atoms with van der Waals surface area (Å²) >= 11 is 0. The monoisotopic (exact) mass is 340 g/mol. The van der Waals surface area contributed by atoms with E-state index in [-0.39, 0.29) is 24.0 Å². The van der Waals surface area contributed by atoms with E-state index in [1.165, 1.54) is 12.1 Å². The van der Waals surface area contributed by atoms with E-state index < -0.39 is 0 Å². The first-order valence-corrected chi connectivity index (χ1v) is 7.72. The Morgan fingerprint density at radius 2 is 1.96 bits per heavy atom. The molecule has 1 aromatic heterocycles. The topological polar surface area (TPSA) is 80.0 Å². The SMILES string of the molecule is Cc1c(C(=O)Nc2ccc(CO)cc2)nnn1Cc1cccc(F)c1. The lowest BCUT2D eigenvalue weighted by Gasteiger charge is -2.06. The highest BCUT2D eigenvalue weighted by atomic mass is 19.1. The first-order chi connectivity index (χ1) is 12.1. The van der Waals surface area contributed by atoms with Gasteiger partial charge in [-0.1, -0.05) is 29.5 Å². The van der Waals surface area contributed by atoms with Gasteiger partial charge in [0, 0.05) is 5.69 Å². The average Bonchev–Trinajstić information content (AvgIpc) is 2.96. The minimum atomic E-state index is -0.375. The largest absolute Gasteiger partial charge is 0.392 e. The van der Waals surface area contributed by atoms with Crippen molar-refractivity contribution in [2.45, 2.75) is 20.1 Å². The Labute approximate surface area is 143 Å². The molecule has 0 aliphatic carbocycles. The minimum absolute atomic E-state index is 0.0538. The average molecular weight is 340 g/mol. The highest BCUT2D eigenvalue weighted by Crippen LogP contribution is 2.13. The molecular formula is C18H17FN4O2. The standard InChI is InChI=1S/C18H17FN4O2/c1-12-17(18(25)20-16-7-5-13(11-24)6-8-16)21-22-23(12)10-14-3-2-4-15(19)9-14/h2-9,24H,10-11H2,1H3,(H,20,25). The number of anilines is 1. The number of halogens is 1. The molecule has 0 aliphatic heterocycles. The van der Waals surface area contributed by atoms with Crippen molar-refractivity contribution < 1.29 is 14.3 Å². The van der Waals surface area contributed by atoms with Crippen molar-refractivity contribution in [2.24, 2.45) is 0 Å². The zero-order valence-electron chi connectivity index (χ0n) is 13.6. The van der Waals surface area contributed by atoms with Gasteiger partial charge in [0.25, 0.3) is 5.91 Å². The Morgan fingerprint density at radius 1 is 1.20 bits per heavy atom. The van der Waals surface area contributed by atoms with Crippen LogP contribution in [0.2, 0.25) is 0 Å². The summed E-state index contributed by atoms with van der Waals surface area (Å²) in [6.07, 6.45) is 0. The smallest absolute Gasteiger partial charge is 0.278 e. The van der Waals surface area contributed by atoms with Gasteiger partial charge in [-0.15, -0.1) is 5.10 Å². The molecule has 25 heavy (non-hydrogen) atoms. The molecule has 128 valence electrons. The van der Waals surface area contributed by atoms with Crippen LogP contribution in [0.4, 0.5) is 10.1 Å². The molecule has 0 saturated carbocycles. The number of hydrogen-bond donors (Lipinski definition) is 2. The van der Waals surface area contributed by atoms with Crippen LogP contribution in [-0.2, 0) is 13.2 Å². The second kappa shape index (κ2) is 7.23. The summed E-state index contributed by atoms with van der Waals surface area (Å²) < 4.78 is 14.8. The third kappa shape index (κ3) is 3.89. The summed E-state index contributed by atoms with van der Waals surface area (Å²) in [5.74, 6) is -0.695. The molecule has 1 heterocycles. The molecule has 0 aliphatic rings. The third-order valence-electron chi connectivity index (χ3n) is 3.81. The Bertz CT molecular complexity index is 890. The molecule has 1 amide bonds. The van der Waals surface area contributed by atoms with Crippen molar-refractivity contribution in [1.29, 1.82) is 0 Å². The molecule has 0 atom stereocenters. The Kier molecular flexibility index (Phi) is 4.85. The van der Waals surface area contributed by atoms with E-state index in [2.05, 4.69) is 15.6 Å². The van der Waals surface area contributed by atoms with E-state index in [9.17, 15) is 9.18 Å². The minimum Gasteiger partial charge on any atom is -0.392 e. The molecule has 0 unspecified atom stereocenters. The van der Waals surface area contributed by atoms with Crippen LogP contribution in [0, 0.1) is 12.7 Å². The van der Waals surface area contributed by atoms with Crippen LogP contribution in [0.1, 0.15) is 27.3 Å². The maximum atomic E-state index is 13.3. The van der Waals surface area contributed by atoms with Crippen LogP contribution in [0.15, 0.2) is 48.5 Å². The molecule has 0 fully saturated rings. The number of nitrogens with one attached hydrogen (secondary N) is 1. The van der Waals surface area contributed by atoms with E-state index in [1.807, 2.05) is 0 Å². The fraction of sp³-hybridized carbons (Fsp3) is 0.167. The number of benzene rings is 2. The number of hydrogen-bond acceptors (Lipinski definition) is 4. The van der Waals surface area contributed by atoms with Gasteiger partial charge in [-0.25, -0.2) is 9.07 Å². The van der Waals surface area contributed by atoms with Crippen LogP contribution >= 0.6 is 0 Å². The number of aliphatic hydroxyl groups is 1. The molecule has 0 saturated heterocycles. The van der Waals surface area contributed by atoms with E-state index in [4.69, 9.17) is 5.11 Å². The van der Waals surface area contributed by atoms with Crippen molar-refractivity contribution in [3.8, 4) is 0 Å². The van der Waals surface area contributed by atoms with Gasteiger partial charge in [-0.3, -0.25) is 4.79 Å². The quantitative estimate of drug-likeness (QED) is 0.748. The fourth-order valence-corrected chi connectivity index (χ4v) is 2.41. The van der Waals surface area contributed by atoms with Crippen molar-refractivity contribution in [3.63, 3.8) is 0 Å². The maximum Gasteiger partial charge on any atom is 0.278 e. The van der Waals surface area contributed by atoms with Gasteiger partial charge in [0.15, 0.2) is 5.69 Å². The summed E-state index contributed by atoms with van der Waals surface area (Å²) in [7, 11) is 0. The highest BCUT2D eigenvalue weighted by molar-refractivity contribution is 6.03. The summed E-state index contributed by atoms with van der Waals surface area (Å²) in [5.41, 5.74) is 2.90. The van der Waals surface area contributed by atoms with Gasteiger partial charge in [-0.05, 0) is 42.3 Å². The lowest BCUT2D eigenvalue weighted by molar-refractivity contribution is 0.102. The number of carbonyl (C=O) groups is 1. The number of aliphatic hydroxyl groups excluding tert-OH is 1. The Morgan fingerprint density at radius 3 is 2.64 bits per heavy atom. The van der Waals surface area contributed by atoms with Gasteiger partial charge in [0.2, 0.25) is 0 Å². The van der Waals surface area contributed by atoms with Crippen molar-refractivity contribution in [1.82, 2.24) is 15.0 Å². The molecule has 3 aromatic rings. The molecule has 2 aromatic carbocycles. The van der Waals surface area contributed by atoms with Gasteiger partial charge >= 0.3 is 0 Å². The molecule has 3 rings (SSSR count). The maximum absolute atomic E-state index is 13.3. The van der Waals surface area contributed by atoms with Crippen LogP contribution in [0.5, 0.6) is 0 Å². The molecule has 7 heteroatoms. The first kappa shape index (κ1) is 16.8. The van der Waals surface area contributed by atoms with Gasteiger partial charge in [-0.2, -0.15) is 0 Å². The predicted molar refractivity (Wildman–Crippen MR) is 90.6 cm³/mol. The number of aromatic nitrogens is 3. The zero-order chi connectivity index (χ0) is 17.8. The van der Waals surface area contributed by atoms with Gasteiger partial charge in [0.05, 0.1) is 18.8 Å². The summed E-state index contributed by atoms with van der Waals surface area (Å²) in [4.78, 5) is 12.4. The predicted octanol–water partition coefficient (Wildman–Crippen LogP) is 2.52. The lowest BCUT2D eigenvalue weighted by Crippen LogP contribution is -2.14. The molecule has 2 N–H and O–H groups in total. The van der Waals surface area contributed by atoms with E-state index in [1.54, 1.807) is 48.0 Å². The lowest BCUT2D eigenvalue weighted by atomic mass is 10.2. The summed E-state index contributed by atoms with van der Waals surface area (Å²) in [5, 5.41) is 19.7. The van der Waals surface area contributed by atoms with Crippen LogP contribution < -0.4 is 5.32 Å². The summed E-state index contributed by atoms with van der Waals surface area (Å²) in [6.45, 7) is 2.01. The normalized spacial score (nSPS) is 10.7. The fourth-order valence-electron chi connectivity index (χ4n) is 2.41. The van der Waals surface area contributed by atoms with Crippen LogP contribution in [-0.4, -0.2) is 26.0 Å². The van der Waals surface area contributed by atoms with Gasteiger partial charge in [0.1, 0.15) is 5.82 Å². The second-order valence-corrected chi connectivity index (χ2v) is 5.62. The van der Waals surface area contributed by atoms with E-state index >= 15 is 0 Å². The molecule has 0 radical (unpaired) electrons. The number of carbonyl (C=O) groups excluding carboxylic acids is 1. The first-order valence-electron chi connectivity index (χ1n) is 7.72.